The zero-order chi connectivity index (χ0) is 17.6. The zero-order valence-corrected chi connectivity index (χ0v) is 15.4. The lowest BCUT2D eigenvalue weighted by molar-refractivity contribution is -0.115. The number of nitrogens with one attached hydrogen (secondary N) is 2. The highest BCUT2D eigenvalue weighted by Gasteiger charge is 2.07. The molecular weight excluding hydrogens is 378 g/mol. The van der Waals surface area contributed by atoms with Crippen molar-refractivity contribution in [1.29, 1.82) is 0 Å². The number of hydrogen-bond acceptors (Lipinski definition) is 3. The number of hydrogen-bond donors (Lipinski definition) is 2. The number of para-hydroxylation sites is 1. The second-order valence-electron chi connectivity index (χ2n) is 5.69. The molecule has 1 heterocycles. The largest absolute Gasteiger partial charge is 0.339 e. The molecule has 5 heteroatoms. The fourth-order valence-electron chi connectivity index (χ4n) is 2.43. The standard InChI is InChI=1S/C20H18BrN3O/c1-14-6-2-3-7-15(14)12-20(25)23-16-10-11-19(22-13-16)24-18-9-5-4-8-17(18)21/h2-11,13H,12H2,1H3,(H,22,24)(H,23,25). The number of halogens is 1. The first-order valence-corrected chi connectivity index (χ1v) is 8.73. The molecule has 0 aliphatic rings. The summed E-state index contributed by atoms with van der Waals surface area (Å²) in [6, 6.07) is 19.4. The lowest BCUT2D eigenvalue weighted by atomic mass is 10.1. The van der Waals surface area contributed by atoms with Crippen molar-refractivity contribution in [2.45, 2.75) is 13.3 Å². The average molecular weight is 396 g/mol. The van der Waals surface area contributed by atoms with Crippen LogP contribution in [0.2, 0.25) is 0 Å². The lowest BCUT2D eigenvalue weighted by Crippen LogP contribution is -2.15. The van der Waals surface area contributed by atoms with Crippen LogP contribution in [0.3, 0.4) is 0 Å². The molecule has 0 saturated heterocycles. The van der Waals surface area contributed by atoms with Crippen molar-refractivity contribution in [2.24, 2.45) is 0 Å². The number of benzene rings is 2. The molecule has 3 rings (SSSR count). The van der Waals surface area contributed by atoms with Crippen LogP contribution in [0.25, 0.3) is 0 Å². The predicted octanol–water partition coefficient (Wildman–Crippen LogP) is 5.08. The Balaban J connectivity index is 1.62. The van der Waals surface area contributed by atoms with Crippen LogP contribution in [-0.4, -0.2) is 10.9 Å². The summed E-state index contributed by atoms with van der Waals surface area (Å²) >= 11 is 3.49. The summed E-state index contributed by atoms with van der Waals surface area (Å²) < 4.78 is 0.965. The molecule has 0 fully saturated rings. The SMILES string of the molecule is Cc1ccccc1CC(=O)Nc1ccc(Nc2ccccc2Br)nc1. The van der Waals surface area contributed by atoms with Crippen molar-refractivity contribution in [1.82, 2.24) is 4.98 Å². The van der Waals surface area contributed by atoms with Crippen LogP contribution in [0.5, 0.6) is 0 Å². The van der Waals surface area contributed by atoms with Gasteiger partial charge in [0.1, 0.15) is 5.82 Å². The van der Waals surface area contributed by atoms with Crippen molar-refractivity contribution in [3.05, 3.63) is 82.5 Å². The van der Waals surface area contributed by atoms with E-state index in [1.807, 2.05) is 67.6 Å². The first-order valence-electron chi connectivity index (χ1n) is 7.94. The third-order valence-electron chi connectivity index (χ3n) is 3.80. The van der Waals surface area contributed by atoms with E-state index in [9.17, 15) is 4.79 Å². The number of pyridine rings is 1. The van der Waals surface area contributed by atoms with E-state index in [4.69, 9.17) is 0 Å². The molecule has 25 heavy (non-hydrogen) atoms. The maximum atomic E-state index is 12.2. The van der Waals surface area contributed by atoms with Gasteiger partial charge in [0.25, 0.3) is 0 Å². The van der Waals surface area contributed by atoms with Gasteiger partial charge in [0.15, 0.2) is 0 Å². The molecule has 0 bridgehead atoms. The number of aromatic nitrogens is 1. The van der Waals surface area contributed by atoms with Gasteiger partial charge in [0.2, 0.25) is 5.91 Å². The Bertz CT molecular complexity index is 878. The van der Waals surface area contributed by atoms with Gasteiger partial charge in [-0.2, -0.15) is 0 Å². The maximum Gasteiger partial charge on any atom is 0.228 e. The highest BCUT2D eigenvalue weighted by Crippen LogP contribution is 2.24. The van der Waals surface area contributed by atoms with Gasteiger partial charge in [0.05, 0.1) is 24.0 Å². The van der Waals surface area contributed by atoms with E-state index in [0.717, 1.165) is 21.3 Å². The first-order chi connectivity index (χ1) is 12.1. The number of anilines is 3. The van der Waals surface area contributed by atoms with E-state index >= 15 is 0 Å². The van der Waals surface area contributed by atoms with E-state index < -0.39 is 0 Å². The molecule has 1 aromatic heterocycles. The Morgan fingerprint density at radius 1 is 1.04 bits per heavy atom. The molecule has 2 aromatic carbocycles. The number of rotatable bonds is 5. The molecule has 126 valence electrons. The summed E-state index contributed by atoms with van der Waals surface area (Å²) in [7, 11) is 0. The monoisotopic (exact) mass is 395 g/mol. The summed E-state index contributed by atoms with van der Waals surface area (Å²) in [6.45, 7) is 2.01. The molecule has 0 atom stereocenters. The minimum Gasteiger partial charge on any atom is -0.339 e. The Hall–Kier alpha value is -2.66. The Kier molecular flexibility index (Phi) is 5.46. The number of amides is 1. The summed E-state index contributed by atoms with van der Waals surface area (Å²) in [4.78, 5) is 16.5. The second kappa shape index (κ2) is 7.94. The number of nitrogens with zero attached hydrogens (tertiary/aromatic N) is 1. The van der Waals surface area contributed by atoms with Crippen molar-refractivity contribution < 1.29 is 4.79 Å². The van der Waals surface area contributed by atoms with Crippen LogP contribution in [-0.2, 0) is 11.2 Å². The summed E-state index contributed by atoms with van der Waals surface area (Å²) in [5.74, 6) is 0.659. The normalized spacial score (nSPS) is 10.3. The topological polar surface area (TPSA) is 54.0 Å². The fourth-order valence-corrected chi connectivity index (χ4v) is 2.81. The first kappa shape index (κ1) is 17.2. The molecule has 0 saturated carbocycles. The van der Waals surface area contributed by atoms with Crippen LogP contribution < -0.4 is 10.6 Å². The summed E-state index contributed by atoms with van der Waals surface area (Å²) in [5, 5.41) is 6.11. The van der Waals surface area contributed by atoms with Crippen molar-refractivity contribution in [3.8, 4) is 0 Å². The highest BCUT2D eigenvalue weighted by molar-refractivity contribution is 9.10. The third-order valence-corrected chi connectivity index (χ3v) is 4.49. The molecular formula is C20H18BrN3O. The van der Waals surface area contributed by atoms with Gasteiger partial charge in [-0.1, -0.05) is 36.4 Å². The van der Waals surface area contributed by atoms with E-state index in [2.05, 4.69) is 31.5 Å². The predicted molar refractivity (Wildman–Crippen MR) is 105 cm³/mol. The molecule has 3 aromatic rings. The molecule has 0 spiro atoms. The summed E-state index contributed by atoms with van der Waals surface area (Å²) in [6.07, 6.45) is 2.00. The van der Waals surface area contributed by atoms with Crippen LogP contribution in [0.4, 0.5) is 17.2 Å². The molecule has 0 aliphatic carbocycles. The summed E-state index contributed by atoms with van der Waals surface area (Å²) in [5.41, 5.74) is 3.76. The fraction of sp³-hybridized carbons (Fsp3) is 0.100. The molecule has 0 aliphatic heterocycles. The number of aryl methyl sites for hydroxylation is 1. The van der Waals surface area contributed by atoms with Crippen LogP contribution >= 0.6 is 15.9 Å². The second-order valence-corrected chi connectivity index (χ2v) is 6.54. The van der Waals surface area contributed by atoms with Crippen LogP contribution in [0.1, 0.15) is 11.1 Å². The Morgan fingerprint density at radius 2 is 1.80 bits per heavy atom. The van der Waals surface area contributed by atoms with Gasteiger partial charge >= 0.3 is 0 Å². The molecule has 1 amide bonds. The minimum atomic E-state index is -0.0531. The van der Waals surface area contributed by atoms with Crippen LogP contribution in [0, 0.1) is 6.92 Å². The van der Waals surface area contributed by atoms with Crippen LogP contribution in [0.15, 0.2) is 71.3 Å². The molecule has 0 radical (unpaired) electrons. The smallest absolute Gasteiger partial charge is 0.228 e. The number of carbonyl (C=O) groups excluding carboxylic acids is 1. The van der Waals surface area contributed by atoms with Gasteiger partial charge in [-0.3, -0.25) is 4.79 Å². The van der Waals surface area contributed by atoms with Gasteiger partial charge in [-0.15, -0.1) is 0 Å². The van der Waals surface area contributed by atoms with Gasteiger partial charge in [-0.25, -0.2) is 4.98 Å². The van der Waals surface area contributed by atoms with Gasteiger partial charge in [0, 0.05) is 4.47 Å². The highest BCUT2D eigenvalue weighted by atomic mass is 79.9. The van der Waals surface area contributed by atoms with E-state index in [-0.39, 0.29) is 5.91 Å². The third kappa shape index (κ3) is 4.67. The minimum absolute atomic E-state index is 0.0531. The van der Waals surface area contributed by atoms with E-state index in [0.29, 0.717) is 17.9 Å². The van der Waals surface area contributed by atoms with E-state index in [1.54, 1.807) is 6.20 Å². The van der Waals surface area contributed by atoms with E-state index in [1.165, 1.54) is 0 Å². The number of carbonyl (C=O) groups is 1. The maximum absolute atomic E-state index is 12.2. The average Bonchev–Trinajstić information content (AvgIpc) is 2.61. The van der Waals surface area contributed by atoms with Crippen molar-refractivity contribution in [2.75, 3.05) is 10.6 Å². The van der Waals surface area contributed by atoms with Crippen molar-refractivity contribution >= 4 is 39.0 Å². The molecule has 0 unspecified atom stereocenters. The Labute approximate surface area is 155 Å². The Morgan fingerprint density at radius 3 is 2.52 bits per heavy atom. The van der Waals surface area contributed by atoms with Gasteiger partial charge < -0.3 is 10.6 Å². The van der Waals surface area contributed by atoms with Gasteiger partial charge in [-0.05, 0) is 58.2 Å². The molecule has 2 N–H and O–H groups in total. The lowest BCUT2D eigenvalue weighted by Gasteiger charge is -2.09. The quantitative estimate of drug-likeness (QED) is 0.633. The molecule has 4 nitrogen and oxygen atoms in total. The zero-order valence-electron chi connectivity index (χ0n) is 13.8. The van der Waals surface area contributed by atoms with Crippen molar-refractivity contribution in [3.63, 3.8) is 0 Å².